The molecule has 1 heterocycles. The summed E-state index contributed by atoms with van der Waals surface area (Å²) in [6.45, 7) is 7.80. The number of para-hydroxylation sites is 1. The van der Waals surface area contributed by atoms with E-state index in [9.17, 15) is 5.11 Å². The number of ether oxygens (including phenoxy) is 1. The third-order valence-corrected chi connectivity index (χ3v) is 4.98. The summed E-state index contributed by atoms with van der Waals surface area (Å²) in [5.74, 6) is 0. The van der Waals surface area contributed by atoms with E-state index in [1.54, 1.807) is 0 Å². The van der Waals surface area contributed by atoms with Crippen LogP contribution in [0, 0.1) is 0 Å². The summed E-state index contributed by atoms with van der Waals surface area (Å²) in [5, 5.41) is 10.3. The van der Waals surface area contributed by atoms with Crippen molar-refractivity contribution < 1.29 is 9.84 Å². The minimum atomic E-state index is -0.437. The summed E-state index contributed by atoms with van der Waals surface area (Å²) >= 11 is 0. The number of aryl methyl sites for hydroxylation is 1. The van der Waals surface area contributed by atoms with E-state index in [1.807, 2.05) is 30.3 Å². The molecule has 1 aliphatic heterocycles. The van der Waals surface area contributed by atoms with Crippen LogP contribution in [0.2, 0.25) is 0 Å². The molecule has 0 aromatic heterocycles. The number of aliphatic hydroxyl groups is 1. The average Bonchev–Trinajstić information content (AvgIpc) is 2.69. The molecule has 1 N–H and O–H groups in total. The second-order valence-electron chi connectivity index (χ2n) is 6.92. The number of β-amino-alcohol motifs (C(OH)–C–C–N with tert-alkyl or cyclic N) is 1. The number of anilines is 1. The van der Waals surface area contributed by atoms with Crippen molar-refractivity contribution in [2.45, 2.75) is 26.1 Å². The molecule has 4 nitrogen and oxygen atoms in total. The molecule has 0 spiro atoms. The maximum Gasteiger partial charge on any atom is 0.0900 e. The highest BCUT2D eigenvalue weighted by Gasteiger charge is 2.20. The van der Waals surface area contributed by atoms with Crippen LogP contribution in [-0.2, 0) is 17.8 Å². The largest absolute Gasteiger partial charge is 0.389 e. The molecule has 4 heteroatoms. The number of aliphatic hydroxyl groups excluding tert-OH is 1. The third kappa shape index (κ3) is 5.31. The molecule has 1 unspecified atom stereocenters. The van der Waals surface area contributed by atoms with Crippen molar-refractivity contribution in [2.24, 2.45) is 0 Å². The van der Waals surface area contributed by atoms with Crippen LogP contribution >= 0.6 is 0 Å². The summed E-state index contributed by atoms with van der Waals surface area (Å²) in [6.07, 6.45) is 0.626. The zero-order chi connectivity index (χ0) is 18.2. The van der Waals surface area contributed by atoms with Crippen molar-refractivity contribution in [3.63, 3.8) is 0 Å². The van der Waals surface area contributed by atoms with Crippen LogP contribution in [0.1, 0.15) is 18.1 Å². The van der Waals surface area contributed by atoms with Gasteiger partial charge in [0, 0.05) is 38.4 Å². The van der Waals surface area contributed by atoms with Crippen molar-refractivity contribution in [1.29, 1.82) is 0 Å². The Kier molecular flexibility index (Phi) is 7.06. The van der Waals surface area contributed by atoms with E-state index in [-0.39, 0.29) is 0 Å². The van der Waals surface area contributed by atoms with Crippen molar-refractivity contribution in [2.75, 3.05) is 44.2 Å². The smallest absolute Gasteiger partial charge is 0.0900 e. The van der Waals surface area contributed by atoms with Crippen LogP contribution in [0.5, 0.6) is 0 Å². The molecule has 0 saturated carbocycles. The van der Waals surface area contributed by atoms with Crippen molar-refractivity contribution in [1.82, 2.24) is 4.90 Å². The molecule has 2 aromatic carbocycles. The van der Waals surface area contributed by atoms with Gasteiger partial charge < -0.3 is 14.7 Å². The molecule has 2 aromatic rings. The number of hydrogen-bond donors (Lipinski definition) is 1. The maximum absolute atomic E-state index is 10.3. The van der Waals surface area contributed by atoms with Crippen LogP contribution < -0.4 is 4.90 Å². The second kappa shape index (κ2) is 9.72. The van der Waals surface area contributed by atoms with Gasteiger partial charge in [0.2, 0.25) is 0 Å². The monoisotopic (exact) mass is 354 g/mol. The molecule has 1 aliphatic rings. The van der Waals surface area contributed by atoms with Gasteiger partial charge in [-0.2, -0.15) is 0 Å². The second-order valence-corrected chi connectivity index (χ2v) is 6.92. The Labute approximate surface area is 157 Å². The Bertz CT molecular complexity index is 654. The molecule has 26 heavy (non-hydrogen) atoms. The highest BCUT2D eigenvalue weighted by Crippen LogP contribution is 2.22. The number of hydrogen-bond acceptors (Lipinski definition) is 4. The molecule has 0 radical (unpaired) electrons. The van der Waals surface area contributed by atoms with Crippen LogP contribution in [0.3, 0.4) is 0 Å². The van der Waals surface area contributed by atoms with Gasteiger partial charge in [-0.1, -0.05) is 55.5 Å². The van der Waals surface area contributed by atoms with Crippen molar-refractivity contribution in [3.05, 3.63) is 65.7 Å². The fraction of sp³-hybridized carbons (Fsp3) is 0.455. The summed E-state index contributed by atoms with van der Waals surface area (Å²) in [5.41, 5.74) is 3.92. The lowest BCUT2D eigenvalue weighted by Gasteiger charge is -2.37. The predicted molar refractivity (Wildman–Crippen MR) is 107 cm³/mol. The zero-order valence-electron chi connectivity index (χ0n) is 15.7. The quantitative estimate of drug-likeness (QED) is 0.791. The van der Waals surface area contributed by atoms with E-state index < -0.39 is 6.10 Å². The van der Waals surface area contributed by atoms with E-state index in [0.717, 1.165) is 38.2 Å². The fourth-order valence-corrected chi connectivity index (χ4v) is 3.53. The first-order valence-electron chi connectivity index (χ1n) is 9.61. The molecular formula is C22H30N2O2. The molecule has 3 rings (SSSR count). The number of benzene rings is 2. The molecule has 0 bridgehead atoms. The molecule has 140 valence electrons. The molecular weight excluding hydrogens is 324 g/mol. The number of piperazine rings is 1. The number of nitrogens with zero attached hydrogens (tertiary/aromatic N) is 2. The molecule has 1 fully saturated rings. The Morgan fingerprint density at radius 2 is 1.65 bits per heavy atom. The standard InChI is InChI=1S/C22H30N2O2/c1-2-20-10-6-7-11-22(20)24-14-12-23(13-15-24)16-21(25)18-26-17-19-8-4-3-5-9-19/h3-11,21,25H,2,12-18H2,1H3. The van der Waals surface area contributed by atoms with Crippen molar-refractivity contribution in [3.8, 4) is 0 Å². The maximum atomic E-state index is 10.3. The Hall–Kier alpha value is -1.88. The predicted octanol–water partition coefficient (Wildman–Crippen LogP) is 2.95. The third-order valence-electron chi connectivity index (χ3n) is 4.98. The van der Waals surface area contributed by atoms with Gasteiger partial charge in [-0.25, -0.2) is 0 Å². The lowest BCUT2D eigenvalue weighted by Crippen LogP contribution is -2.49. The van der Waals surface area contributed by atoms with Gasteiger partial charge in [0.15, 0.2) is 0 Å². The van der Waals surface area contributed by atoms with Crippen LogP contribution in [0.15, 0.2) is 54.6 Å². The summed E-state index contributed by atoms with van der Waals surface area (Å²) in [6, 6.07) is 18.8. The van der Waals surface area contributed by atoms with Crippen LogP contribution in [0.4, 0.5) is 5.69 Å². The summed E-state index contributed by atoms with van der Waals surface area (Å²) in [4.78, 5) is 4.80. The SMILES string of the molecule is CCc1ccccc1N1CCN(CC(O)COCc2ccccc2)CC1. The van der Waals surface area contributed by atoms with Gasteiger partial charge in [-0.3, -0.25) is 4.90 Å². The van der Waals surface area contributed by atoms with E-state index in [2.05, 4.69) is 41.0 Å². The van der Waals surface area contributed by atoms with E-state index in [4.69, 9.17) is 4.74 Å². The first-order valence-corrected chi connectivity index (χ1v) is 9.61. The lowest BCUT2D eigenvalue weighted by atomic mass is 10.1. The fourth-order valence-electron chi connectivity index (χ4n) is 3.53. The lowest BCUT2D eigenvalue weighted by molar-refractivity contribution is 0.00913. The van der Waals surface area contributed by atoms with Gasteiger partial charge in [-0.05, 0) is 23.6 Å². The Balaban J connectivity index is 1.39. The van der Waals surface area contributed by atoms with Crippen LogP contribution in [0.25, 0.3) is 0 Å². The van der Waals surface area contributed by atoms with E-state index in [0.29, 0.717) is 19.8 Å². The molecule has 0 aliphatic carbocycles. The Morgan fingerprint density at radius 1 is 0.962 bits per heavy atom. The number of rotatable bonds is 8. The Morgan fingerprint density at radius 3 is 2.38 bits per heavy atom. The summed E-state index contributed by atoms with van der Waals surface area (Å²) < 4.78 is 5.66. The van der Waals surface area contributed by atoms with Crippen LogP contribution in [-0.4, -0.2) is 55.4 Å². The van der Waals surface area contributed by atoms with E-state index in [1.165, 1.54) is 11.3 Å². The van der Waals surface area contributed by atoms with Gasteiger partial charge in [0.25, 0.3) is 0 Å². The topological polar surface area (TPSA) is 35.9 Å². The summed E-state index contributed by atoms with van der Waals surface area (Å²) in [7, 11) is 0. The van der Waals surface area contributed by atoms with Crippen molar-refractivity contribution >= 4 is 5.69 Å². The first kappa shape index (κ1) is 18.9. The molecule has 0 amide bonds. The average molecular weight is 354 g/mol. The van der Waals surface area contributed by atoms with Gasteiger partial charge >= 0.3 is 0 Å². The molecule has 1 atom stereocenters. The normalized spacial score (nSPS) is 16.6. The highest BCUT2D eigenvalue weighted by molar-refractivity contribution is 5.54. The highest BCUT2D eigenvalue weighted by atomic mass is 16.5. The zero-order valence-corrected chi connectivity index (χ0v) is 15.7. The first-order chi connectivity index (χ1) is 12.8. The van der Waals surface area contributed by atoms with Gasteiger partial charge in [0.05, 0.1) is 19.3 Å². The minimum Gasteiger partial charge on any atom is -0.389 e. The van der Waals surface area contributed by atoms with E-state index >= 15 is 0 Å². The minimum absolute atomic E-state index is 0.383. The molecule has 1 saturated heterocycles. The van der Waals surface area contributed by atoms with Gasteiger partial charge in [0.1, 0.15) is 0 Å². The van der Waals surface area contributed by atoms with Gasteiger partial charge in [-0.15, -0.1) is 0 Å².